The van der Waals surface area contributed by atoms with Crippen LogP contribution in [0.4, 0.5) is 0 Å². The molecule has 0 bridgehead atoms. The van der Waals surface area contributed by atoms with E-state index < -0.39 is 15.6 Å². The van der Waals surface area contributed by atoms with Gasteiger partial charge >= 0.3 is 0 Å². The number of hydrogen-bond donors (Lipinski definition) is 2. The second-order valence-electron chi connectivity index (χ2n) is 5.39. The molecule has 0 spiro atoms. The van der Waals surface area contributed by atoms with Crippen molar-refractivity contribution >= 4 is 10.0 Å². The SMILES string of the molecule is Cn1cnc(S(=O)(=O)NC[C@]2(O)CCc3ccccc32)c1. The van der Waals surface area contributed by atoms with Gasteiger partial charge in [-0.15, -0.1) is 0 Å². The molecule has 0 aliphatic heterocycles. The second-order valence-corrected chi connectivity index (χ2v) is 7.10. The molecule has 6 nitrogen and oxygen atoms in total. The lowest BCUT2D eigenvalue weighted by Crippen LogP contribution is -2.39. The third-order valence-electron chi connectivity index (χ3n) is 3.84. The molecule has 21 heavy (non-hydrogen) atoms. The molecule has 112 valence electrons. The number of hydrogen-bond acceptors (Lipinski definition) is 4. The van der Waals surface area contributed by atoms with Crippen LogP contribution < -0.4 is 4.72 Å². The highest BCUT2D eigenvalue weighted by molar-refractivity contribution is 7.89. The van der Waals surface area contributed by atoms with E-state index in [1.165, 1.54) is 12.5 Å². The van der Waals surface area contributed by atoms with E-state index in [1.807, 2.05) is 24.3 Å². The van der Waals surface area contributed by atoms with Crippen LogP contribution in [0.5, 0.6) is 0 Å². The van der Waals surface area contributed by atoms with Gasteiger partial charge in [0.1, 0.15) is 5.60 Å². The summed E-state index contributed by atoms with van der Waals surface area (Å²) in [5.41, 5.74) is 0.712. The van der Waals surface area contributed by atoms with Gasteiger partial charge in [0.15, 0.2) is 5.03 Å². The Morgan fingerprint density at radius 2 is 2.19 bits per heavy atom. The lowest BCUT2D eigenvalue weighted by Gasteiger charge is -2.24. The van der Waals surface area contributed by atoms with E-state index >= 15 is 0 Å². The Bertz CT molecular complexity index is 769. The van der Waals surface area contributed by atoms with Gasteiger partial charge in [0.2, 0.25) is 0 Å². The van der Waals surface area contributed by atoms with Crippen LogP contribution in [0, 0.1) is 0 Å². The minimum absolute atomic E-state index is 0.0418. The predicted molar refractivity (Wildman–Crippen MR) is 77.1 cm³/mol. The summed E-state index contributed by atoms with van der Waals surface area (Å²) in [6, 6.07) is 7.57. The lowest BCUT2D eigenvalue weighted by atomic mass is 9.96. The van der Waals surface area contributed by atoms with Crippen LogP contribution in [0.1, 0.15) is 17.5 Å². The molecule has 0 radical (unpaired) electrons. The van der Waals surface area contributed by atoms with Crippen molar-refractivity contribution in [1.29, 1.82) is 0 Å². The van der Waals surface area contributed by atoms with Crippen LogP contribution in [0.25, 0.3) is 0 Å². The minimum Gasteiger partial charge on any atom is -0.384 e. The molecule has 1 aliphatic rings. The molecule has 0 saturated carbocycles. The number of rotatable bonds is 4. The standard InChI is InChI=1S/C14H17N3O3S/c1-17-8-13(15-10-17)21(19,20)16-9-14(18)7-6-11-4-2-3-5-12(11)14/h2-5,8,10,16,18H,6-7,9H2,1H3/t14-/m1/s1. The number of aryl methyl sites for hydroxylation is 2. The molecular formula is C14H17N3O3S. The fourth-order valence-electron chi connectivity index (χ4n) is 2.67. The van der Waals surface area contributed by atoms with Gasteiger partial charge in [-0.25, -0.2) is 18.1 Å². The van der Waals surface area contributed by atoms with Crippen LogP contribution in [0.15, 0.2) is 41.8 Å². The van der Waals surface area contributed by atoms with Crippen molar-refractivity contribution in [2.75, 3.05) is 6.54 Å². The zero-order valence-electron chi connectivity index (χ0n) is 11.7. The van der Waals surface area contributed by atoms with Gasteiger partial charge in [0.05, 0.1) is 6.33 Å². The summed E-state index contributed by atoms with van der Waals surface area (Å²) in [6.45, 7) is -0.0527. The molecule has 2 aromatic rings. The molecule has 0 amide bonds. The maximum atomic E-state index is 12.2. The van der Waals surface area contributed by atoms with Gasteiger partial charge in [-0.05, 0) is 24.0 Å². The normalized spacial score (nSPS) is 21.4. The molecule has 1 aromatic carbocycles. The van der Waals surface area contributed by atoms with Gasteiger partial charge in [-0.1, -0.05) is 24.3 Å². The Kier molecular flexibility index (Phi) is 3.35. The predicted octanol–water partition coefficient (Wildman–Crippen LogP) is 0.532. The first-order chi connectivity index (χ1) is 9.91. The van der Waals surface area contributed by atoms with Crippen molar-refractivity contribution < 1.29 is 13.5 Å². The van der Waals surface area contributed by atoms with E-state index in [0.717, 1.165) is 17.5 Å². The van der Waals surface area contributed by atoms with E-state index in [1.54, 1.807) is 11.6 Å². The second kappa shape index (κ2) is 4.94. The summed E-state index contributed by atoms with van der Waals surface area (Å²) in [7, 11) is -2.01. The quantitative estimate of drug-likeness (QED) is 0.863. The molecule has 1 aliphatic carbocycles. The van der Waals surface area contributed by atoms with Crippen molar-refractivity contribution in [3.8, 4) is 0 Å². The smallest absolute Gasteiger partial charge is 0.259 e. The Morgan fingerprint density at radius 3 is 2.90 bits per heavy atom. The molecular weight excluding hydrogens is 290 g/mol. The third-order valence-corrected chi connectivity index (χ3v) is 5.12. The summed E-state index contributed by atoms with van der Waals surface area (Å²) >= 11 is 0. The van der Waals surface area contributed by atoms with Gasteiger partial charge in [-0.2, -0.15) is 0 Å². The van der Waals surface area contributed by atoms with E-state index in [9.17, 15) is 13.5 Å². The molecule has 2 N–H and O–H groups in total. The van der Waals surface area contributed by atoms with Crippen molar-refractivity contribution in [2.24, 2.45) is 7.05 Å². The molecule has 7 heteroatoms. The summed E-state index contributed by atoms with van der Waals surface area (Å²) in [5.74, 6) is 0. The highest BCUT2D eigenvalue weighted by atomic mass is 32.2. The third kappa shape index (κ3) is 2.59. The largest absolute Gasteiger partial charge is 0.384 e. The van der Waals surface area contributed by atoms with E-state index in [0.29, 0.717) is 6.42 Å². The maximum Gasteiger partial charge on any atom is 0.259 e. The van der Waals surface area contributed by atoms with Crippen molar-refractivity contribution in [1.82, 2.24) is 14.3 Å². The number of benzene rings is 1. The lowest BCUT2D eigenvalue weighted by molar-refractivity contribution is 0.0442. The van der Waals surface area contributed by atoms with E-state index in [-0.39, 0.29) is 11.6 Å². The Hall–Kier alpha value is -1.70. The van der Waals surface area contributed by atoms with Crippen LogP contribution in [-0.4, -0.2) is 29.6 Å². The minimum atomic E-state index is -3.71. The highest BCUT2D eigenvalue weighted by Crippen LogP contribution is 2.36. The van der Waals surface area contributed by atoms with Gasteiger partial charge in [0.25, 0.3) is 10.0 Å². The zero-order chi connectivity index (χ0) is 15.1. The Balaban J connectivity index is 1.79. The summed E-state index contributed by atoms with van der Waals surface area (Å²) in [5, 5.41) is 10.7. The first kappa shape index (κ1) is 14.2. The summed E-state index contributed by atoms with van der Waals surface area (Å²) in [6.07, 6.45) is 4.11. The number of fused-ring (bicyclic) bond motifs is 1. The number of aromatic nitrogens is 2. The molecule has 0 unspecified atom stereocenters. The first-order valence-corrected chi connectivity index (χ1v) is 8.17. The van der Waals surface area contributed by atoms with Crippen LogP contribution in [-0.2, 0) is 29.1 Å². The zero-order valence-corrected chi connectivity index (χ0v) is 12.5. The molecule has 0 saturated heterocycles. The van der Waals surface area contributed by atoms with Crippen molar-refractivity contribution in [2.45, 2.75) is 23.5 Å². The van der Waals surface area contributed by atoms with E-state index in [4.69, 9.17) is 0 Å². The topological polar surface area (TPSA) is 84.2 Å². The summed E-state index contributed by atoms with van der Waals surface area (Å²) < 4.78 is 28.3. The fraction of sp³-hybridized carbons (Fsp3) is 0.357. The first-order valence-electron chi connectivity index (χ1n) is 6.69. The molecule has 1 atom stereocenters. The van der Waals surface area contributed by atoms with Crippen LogP contribution >= 0.6 is 0 Å². The number of imidazole rings is 1. The average molecular weight is 307 g/mol. The Labute approximate surface area is 123 Å². The maximum absolute atomic E-state index is 12.2. The number of aliphatic hydroxyl groups is 1. The van der Waals surface area contributed by atoms with Crippen LogP contribution in [0.3, 0.4) is 0 Å². The number of nitrogens with zero attached hydrogens (tertiary/aromatic N) is 2. The molecule has 1 aromatic heterocycles. The highest BCUT2D eigenvalue weighted by Gasteiger charge is 2.37. The monoisotopic (exact) mass is 307 g/mol. The number of nitrogens with one attached hydrogen (secondary N) is 1. The van der Waals surface area contributed by atoms with Crippen LogP contribution in [0.2, 0.25) is 0 Å². The van der Waals surface area contributed by atoms with E-state index in [2.05, 4.69) is 9.71 Å². The summed E-state index contributed by atoms with van der Waals surface area (Å²) in [4.78, 5) is 3.83. The van der Waals surface area contributed by atoms with Gasteiger partial charge in [0, 0.05) is 19.8 Å². The van der Waals surface area contributed by atoms with Crippen molar-refractivity contribution in [3.05, 3.63) is 47.9 Å². The number of sulfonamides is 1. The Morgan fingerprint density at radius 1 is 1.43 bits per heavy atom. The molecule has 1 heterocycles. The molecule has 0 fully saturated rings. The average Bonchev–Trinajstić information content (AvgIpc) is 3.04. The molecule has 3 rings (SSSR count). The fourth-order valence-corrected chi connectivity index (χ4v) is 3.74. The van der Waals surface area contributed by atoms with Gasteiger partial charge in [-0.3, -0.25) is 0 Å². The van der Waals surface area contributed by atoms with Gasteiger partial charge < -0.3 is 9.67 Å². The van der Waals surface area contributed by atoms with Crippen molar-refractivity contribution in [3.63, 3.8) is 0 Å².